The summed E-state index contributed by atoms with van der Waals surface area (Å²) >= 11 is 0. The van der Waals surface area contributed by atoms with Crippen LogP contribution < -0.4 is 5.32 Å². The monoisotopic (exact) mass is 302 g/mol. The molecule has 0 saturated carbocycles. The van der Waals surface area contributed by atoms with Crippen LogP contribution in [0.3, 0.4) is 0 Å². The van der Waals surface area contributed by atoms with Gasteiger partial charge in [0.1, 0.15) is 11.6 Å². The zero-order chi connectivity index (χ0) is 15.5. The molecule has 0 aliphatic carbocycles. The molecule has 0 bridgehead atoms. The molecule has 1 amide bonds. The number of hydrogen-bond donors (Lipinski definition) is 1. The van der Waals surface area contributed by atoms with Gasteiger partial charge in [-0.05, 0) is 31.0 Å². The van der Waals surface area contributed by atoms with Crippen molar-refractivity contribution in [1.29, 1.82) is 0 Å². The van der Waals surface area contributed by atoms with Crippen molar-refractivity contribution >= 4 is 11.6 Å². The Morgan fingerprint density at radius 2 is 2.18 bits per heavy atom. The number of fused-ring (bicyclic) bond motifs is 1. The Bertz CT molecular complexity index is 695. The number of carbonyl (C=O) groups excluding carboxylic acids is 1. The third-order valence-electron chi connectivity index (χ3n) is 3.92. The van der Waals surface area contributed by atoms with E-state index < -0.39 is 0 Å². The van der Waals surface area contributed by atoms with E-state index in [2.05, 4.69) is 15.5 Å². The molecule has 0 unspecified atom stereocenters. The quantitative estimate of drug-likeness (QED) is 0.947. The summed E-state index contributed by atoms with van der Waals surface area (Å²) < 4.78 is 16.2. The van der Waals surface area contributed by atoms with Crippen LogP contribution in [0.5, 0.6) is 0 Å². The number of nitrogens with zero attached hydrogens (tertiary/aromatic N) is 3. The molecule has 5 nitrogen and oxygen atoms in total. The molecule has 0 spiro atoms. The van der Waals surface area contributed by atoms with Crippen molar-refractivity contribution < 1.29 is 9.18 Å². The van der Waals surface area contributed by atoms with E-state index in [4.69, 9.17) is 0 Å². The van der Waals surface area contributed by atoms with E-state index in [1.165, 1.54) is 6.07 Å². The van der Waals surface area contributed by atoms with Crippen molar-refractivity contribution in [3.63, 3.8) is 0 Å². The van der Waals surface area contributed by atoms with Gasteiger partial charge in [-0.3, -0.25) is 4.79 Å². The fourth-order valence-electron chi connectivity index (χ4n) is 2.71. The summed E-state index contributed by atoms with van der Waals surface area (Å²) in [5.74, 6) is 1.00. The average molecular weight is 302 g/mol. The highest BCUT2D eigenvalue weighted by Gasteiger charge is 2.19. The van der Waals surface area contributed by atoms with Gasteiger partial charge in [0.15, 0.2) is 5.82 Å². The summed E-state index contributed by atoms with van der Waals surface area (Å²) in [5.41, 5.74) is 0.962. The van der Waals surface area contributed by atoms with Crippen LogP contribution in [-0.4, -0.2) is 20.7 Å². The van der Waals surface area contributed by atoms with E-state index in [1.54, 1.807) is 19.1 Å². The largest absolute Gasteiger partial charge is 0.326 e. The first-order chi connectivity index (χ1) is 10.7. The minimum Gasteiger partial charge on any atom is -0.326 e. The Morgan fingerprint density at radius 1 is 1.32 bits per heavy atom. The van der Waals surface area contributed by atoms with Crippen LogP contribution >= 0.6 is 0 Å². The molecule has 22 heavy (non-hydrogen) atoms. The summed E-state index contributed by atoms with van der Waals surface area (Å²) in [6, 6.07) is 4.55. The predicted octanol–water partition coefficient (Wildman–Crippen LogP) is 3.16. The van der Waals surface area contributed by atoms with Crippen LogP contribution in [0.2, 0.25) is 0 Å². The third-order valence-corrected chi connectivity index (χ3v) is 3.92. The molecular weight excluding hydrogens is 283 g/mol. The number of anilines is 1. The van der Waals surface area contributed by atoms with Crippen molar-refractivity contribution in [2.45, 2.75) is 45.6 Å². The molecule has 1 aliphatic heterocycles. The fraction of sp³-hybridized carbons (Fsp3) is 0.438. The lowest BCUT2D eigenvalue weighted by atomic mass is 10.1. The summed E-state index contributed by atoms with van der Waals surface area (Å²) in [4.78, 5) is 11.5. The van der Waals surface area contributed by atoms with Gasteiger partial charge in [0.2, 0.25) is 5.91 Å². The second-order valence-corrected chi connectivity index (χ2v) is 5.50. The van der Waals surface area contributed by atoms with Crippen LogP contribution in [0.15, 0.2) is 18.2 Å². The van der Waals surface area contributed by atoms with Gasteiger partial charge < -0.3 is 9.88 Å². The summed E-state index contributed by atoms with van der Waals surface area (Å²) in [7, 11) is 0. The molecule has 2 heterocycles. The van der Waals surface area contributed by atoms with Crippen molar-refractivity contribution in [2.24, 2.45) is 0 Å². The number of aromatic nitrogens is 3. The number of benzene rings is 1. The summed E-state index contributed by atoms with van der Waals surface area (Å²) in [5, 5.41) is 11.1. The van der Waals surface area contributed by atoms with Crippen LogP contribution in [-0.2, 0) is 17.8 Å². The highest BCUT2D eigenvalue weighted by atomic mass is 19.1. The van der Waals surface area contributed by atoms with Gasteiger partial charge in [-0.15, -0.1) is 10.2 Å². The molecule has 2 aromatic rings. The van der Waals surface area contributed by atoms with E-state index in [-0.39, 0.29) is 11.7 Å². The van der Waals surface area contributed by atoms with Gasteiger partial charge in [-0.2, -0.15) is 0 Å². The Hall–Kier alpha value is -2.24. The average Bonchev–Trinajstić information content (AvgIpc) is 2.77. The normalized spacial score (nSPS) is 14.3. The molecule has 1 aliphatic rings. The Kier molecular flexibility index (Phi) is 4.18. The second-order valence-electron chi connectivity index (χ2n) is 5.50. The lowest BCUT2D eigenvalue weighted by molar-refractivity contribution is -0.115. The SMILES string of the molecule is CCC(=O)Nc1ccc(F)c(-c2nnc3n2CCCCC3)c1. The molecule has 116 valence electrons. The maximum absolute atomic E-state index is 14.2. The molecule has 0 fully saturated rings. The first kappa shape index (κ1) is 14.7. The number of halogens is 1. The molecule has 1 aromatic carbocycles. The van der Waals surface area contributed by atoms with Crippen molar-refractivity contribution in [2.75, 3.05) is 5.32 Å². The predicted molar refractivity (Wildman–Crippen MR) is 81.9 cm³/mol. The van der Waals surface area contributed by atoms with E-state index in [0.717, 1.165) is 38.1 Å². The number of nitrogens with one attached hydrogen (secondary N) is 1. The molecular formula is C16H19FN4O. The number of amides is 1. The molecule has 1 aromatic heterocycles. The Labute approximate surface area is 128 Å². The smallest absolute Gasteiger partial charge is 0.224 e. The fourth-order valence-corrected chi connectivity index (χ4v) is 2.71. The van der Waals surface area contributed by atoms with E-state index in [9.17, 15) is 9.18 Å². The molecule has 0 atom stereocenters. The van der Waals surface area contributed by atoms with Crippen LogP contribution in [0.25, 0.3) is 11.4 Å². The molecule has 1 N–H and O–H groups in total. The zero-order valence-electron chi connectivity index (χ0n) is 12.6. The van der Waals surface area contributed by atoms with Gasteiger partial charge in [0, 0.05) is 25.1 Å². The van der Waals surface area contributed by atoms with Gasteiger partial charge in [-0.1, -0.05) is 13.3 Å². The zero-order valence-corrected chi connectivity index (χ0v) is 12.6. The van der Waals surface area contributed by atoms with Crippen LogP contribution in [0, 0.1) is 5.82 Å². The van der Waals surface area contributed by atoms with Crippen LogP contribution in [0.4, 0.5) is 10.1 Å². The first-order valence-electron chi connectivity index (χ1n) is 7.71. The van der Waals surface area contributed by atoms with Gasteiger partial charge in [-0.25, -0.2) is 4.39 Å². The topological polar surface area (TPSA) is 59.8 Å². The Morgan fingerprint density at radius 3 is 3.00 bits per heavy atom. The molecule has 0 saturated heterocycles. The van der Waals surface area contributed by atoms with Crippen molar-refractivity contribution in [3.8, 4) is 11.4 Å². The highest BCUT2D eigenvalue weighted by Crippen LogP contribution is 2.27. The van der Waals surface area contributed by atoms with Crippen molar-refractivity contribution in [1.82, 2.24) is 14.8 Å². The minimum atomic E-state index is -0.353. The number of aryl methyl sites for hydroxylation is 1. The first-order valence-corrected chi connectivity index (χ1v) is 7.71. The number of rotatable bonds is 3. The van der Waals surface area contributed by atoms with Gasteiger partial charge >= 0.3 is 0 Å². The van der Waals surface area contributed by atoms with Gasteiger partial charge in [0.25, 0.3) is 0 Å². The van der Waals surface area contributed by atoms with E-state index >= 15 is 0 Å². The Balaban J connectivity index is 1.99. The number of carbonyl (C=O) groups is 1. The minimum absolute atomic E-state index is 0.0994. The van der Waals surface area contributed by atoms with Gasteiger partial charge in [0.05, 0.1) is 5.56 Å². The van der Waals surface area contributed by atoms with Crippen molar-refractivity contribution in [3.05, 3.63) is 29.8 Å². The summed E-state index contributed by atoms with van der Waals surface area (Å²) in [6.45, 7) is 2.58. The third kappa shape index (κ3) is 2.86. The maximum Gasteiger partial charge on any atom is 0.224 e. The maximum atomic E-state index is 14.2. The standard InChI is InChI=1S/C16H19FN4O/c1-2-15(22)18-11-7-8-13(17)12(10-11)16-20-19-14-6-4-3-5-9-21(14)16/h7-8,10H,2-6,9H2,1H3,(H,18,22). The second kappa shape index (κ2) is 6.25. The lowest BCUT2D eigenvalue weighted by Crippen LogP contribution is -2.10. The van der Waals surface area contributed by atoms with E-state index in [0.29, 0.717) is 23.5 Å². The summed E-state index contributed by atoms with van der Waals surface area (Å²) in [6.07, 6.45) is 4.55. The van der Waals surface area contributed by atoms with Crippen LogP contribution in [0.1, 0.15) is 38.4 Å². The van der Waals surface area contributed by atoms with E-state index in [1.807, 2.05) is 4.57 Å². The lowest BCUT2D eigenvalue weighted by Gasteiger charge is -2.10. The molecule has 6 heteroatoms. The molecule has 3 rings (SSSR count). The molecule has 0 radical (unpaired) electrons. The highest BCUT2D eigenvalue weighted by molar-refractivity contribution is 5.91. The number of hydrogen-bond acceptors (Lipinski definition) is 3.